The number of hydrogen-bond acceptors (Lipinski definition) is 13. The van der Waals surface area contributed by atoms with Crippen LogP contribution in [-0.4, -0.2) is 125 Å². The summed E-state index contributed by atoms with van der Waals surface area (Å²) >= 11 is 0. The molecule has 0 radical (unpaired) electrons. The van der Waals surface area contributed by atoms with Crippen molar-refractivity contribution in [1.29, 1.82) is 0 Å². The summed E-state index contributed by atoms with van der Waals surface area (Å²) in [5.74, 6) is -8.33. The Hall–Kier alpha value is -4.91. The zero-order valence-corrected chi connectivity index (χ0v) is 39.8. The van der Waals surface area contributed by atoms with Gasteiger partial charge in [0.05, 0.1) is 36.6 Å². The molecule has 2 heterocycles. The lowest BCUT2D eigenvalue weighted by Gasteiger charge is -2.25. The number of ketones is 5. The van der Waals surface area contributed by atoms with Gasteiger partial charge in [0.2, 0.25) is 29.5 Å². The number of carbonyl (C=O) groups excluding carboxylic acids is 10. The normalized spacial score (nSPS) is 18.2. The lowest BCUT2D eigenvalue weighted by Crippen LogP contribution is -2.45. The number of nitrogens with two attached hydrogens (primary N) is 2. The van der Waals surface area contributed by atoms with E-state index in [1.165, 1.54) is 11.8 Å². The molecule has 9 N–H and O–H groups in total. The van der Waals surface area contributed by atoms with E-state index < -0.39 is 95.3 Å². The number of carboxylic acid groups (broad SMARTS) is 1. The van der Waals surface area contributed by atoms with Crippen LogP contribution in [0.15, 0.2) is 0 Å². The molecule has 2 saturated heterocycles. The standard InChI is InChI=1S/C47H77N7O12/c1-28(2)22-32(46(64)52-30(5)38(56)15-18-44(62)54-21-9-12-37(54)41(59)25-31(47(65)66)10-6-7-19-48)24-34(55)27-51-45(63)33(23-29(3)4)26-40(58)36(13-16-42(49)60)53-43(61)17-14-39(57)35-11-8-20-50-35/h28-33,35-37,50H,6-27,48H2,1-5H3,(H2,49,60)(H,51,63)(H,52,64)(H,53,61)(H,65,66)/t30-,31+,32+,33+,35-,36-,37-/m0/s1. The maximum atomic E-state index is 13.6. The van der Waals surface area contributed by atoms with Crippen LogP contribution >= 0.6 is 0 Å². The van der Waals surface area contributed by atoms with Crippen molar-refractivity contribution < 1.29 is 57.8 Å². The molecule has 372 valence electrons. The number of rotatable bonds is 34. The van der Waals surface area contributed by atoms with Crippen molar-refractivity contribution in [3.63, 3.8) is 0 Å². The lowest BCUT2D eigenvalue weighted by molar-refractivity contribution is -0.145. The number of hydrogen-bond donors (Lipinski definition) is 7. The number of unbranched alkanes of at least 4 members (excludes halogenated alkanes) is 1. The van der Waals surface area contributed by atoms with Gasteiger partial charge in [-0.05, 0) is 89.6 Å². The van der Waals surface area contributed by atoms with Crippen LogP contribution in [0.4, 0.5) is 0 Å². The molecule has 0 saturated carbocycles. The Bertz CT molecular complexity index is 1710. The van der Waals surface area contributed by atoms with Crippen molar-refractivity contribution in [2.24, 2.45) is 41.1 Å². The number of primary amides is 1. The first-order valence-electron chi connectivity index (χ1n) is 23.9. The molecular weight excluding hydrogens is 855 g/mol. The Morgan fingerprint density at radius 2 is 1.36 bits per heavy atom. The van der Waals surface area contributed by atoms with Gasteiger partial charge < -0.3 is 42.7 Å². The van der Waals surface area contributed by atoms with Crippen LogP contribution in [-0.2, 0) is 52.7 Å². The van der Waals surface area contributed by atoms with Gasteiger partial charge in [0, 0.05) is 69.7 Å². The summed E-state index contributed by atoms with van der Waals surface area (Å²) in [4.78, 5) is 143. The maximum absolute atomic E-state index is 13.6. The van der Waals surface area contributed by atoms with E-state index >= 15 is 0 Å². The van der Waals surface area contributed by atoms with Crippen LogP contribution in [0.2, 0.25) is 0 Å². The van der Waals surface area contributed by atoms with Crippen LogP contribution in [0.5, 0.6) is 0 Å². The minimum absolute atomic E-state index is 0.0196. The minimum atomic E-state index is -1.13. The highest BCUT2D eigenvalue weighted by Crippen LogP contribution is 2.25. The fourth-order valence-electron chi connectivity index (χ4n) is 8.63. The van der Waals surface area contributed by atoms with Gasteiger partial charge in [0.1, 0.15) is 5.78 Å². The van der Waals surface area contributed by atoms with Gasteiger partial charge in [-0.25, -0.2) is 0 Å². The third kappa shape index (κ3) is 21.2. The van der Waals surface area contributed by atoms with E-state index in [1.54, 1.807) is 0 Å². The molecule has 2 aliphatic heterocycles. The van der Waals surface area contributed by atoms with Crippen molar-refractivity contribution in [2.45, 2.75) is 174 Å². The molecule has 0 bridgehead atoms. The molecule has 2 aliphatic rings. The topological polar surface area (TPSA) is 311 Å². The maximum Gasteiger partial charge on any atom is 0.306 e. The lowest BCUT2D eigenvalue weighted by atomic mass is 9.88. The number of aliphatic carboxylic acids is 1. The molecule has 0 aromatic heterocycles. The van der Waals surface area contributed by atoms with Crippen molar-refractivity contribution >= 4 is 64.4 Å². The van der Waals surface area contributed by atoms with Crippen LogP contribution < -0.4 is 32.7 Å². The minimum Gasteiger partial charge on any atom is -0.481 e. The highest BCUT2D eigenvalue weighted by atomic mass is 16.4. The van der Waals surface area contributed by atoms with E-state index in [2.05, 4.69) is 21.3 Å². The second kappa shape index (κ2) is 29.7. The second-order valence-electron chi connectivity index (χ2n) is 19.0. The molecule has 0 aromatic carbocycles. The van der Waals surface area contributed by atoms with E-state index in [-0.39, 0.29) is 93.7 Å². The third-order valence-corrected chi connectivity index (χ3v) is 12.3. The van der Waals surface area contributed by atoms with Crippen molar-refractivity contribution in [1.82, 2.24) is 26.2 Å². The van der Waals surface area contributed by atoms with Crippen LogP contribution in [0.25, 0.3) is 0 Å². The Morgan fingerprint density at radius 3 is 1.95 bits per heavy atom. The molecule has 5 amide bonds. The van der Waals surface area contributed by atoms with Crippen LogP contribution in [0, 0.1) is 29.6 Å². The molecule has 0 spiro atoms. The first kappa shape index (κ1) is 57.2. The molecule has 0 aliphatic carbocycles. The molecule has 19 nitrogen and oxygen atoms in total. The summed E-state index contributed by atoms with van der Waals surface area (Å²) in [6, 6.07) is -3.20. The first-order chi connectivity index (χ1) is 31.1. The van der Waals surface area contributed by atoms with Crippen molar-refractivity contribution in [3.05, 3.63) is 0 Å². The molecule has 0 unspecified atom stereocenters. The Labute approximate surface area is 389 Å². The predicted molar refractivity (Wildman–Crippen MR) is 244 cm³/mol. The van der Waals surface area contributed by atoms with Crippen molar-refractivity contribution in [3.8, 4) is 0 Å². The Kier molecular flexibility index (Phi) is 25.7. The van der Waals surface area contributed by atoms with Crippen molar-refractivity contribution in [2.75, 3.05) is 26.2 Å². The molecule has 7 atom stereocenters. The van der Waals surface area contributed by atoms with E-state index in [0.29, 0.717) is 58.0 Å². The molecular formula is C47H77N7O12. The van der Waals surface area contributed by atoms with E-state index in [1.807, 2.05) is 27.7 Å². The second-order valence-corrected chi connectivity index (χ2v) is 19.0. The third-order valence-electron chi connectivity index (χ3n) is 12.3. The zero-order valence-electron chi connectivity index (χ0n) is 39.8. The van der Waals surface area contributed by atoms with Gasteiger partial charge in [0.25, 0.3) is 0 Å². The number of carboxylic acids is 1. The number of amides is 5. The average molecular weight is 932 g/mol. The monoisotopic (exact) mass is 932 g/mol. The average Bonchev–Trinajstić information content (AvgIpc) is 3.98. The highest BCUT2D eigenvalue weighted by Gasteiger charge is 2.36. The van der Waals surface area contributed by atoms with Crippen LogP contribution in [0.1, 0.15) is 150 Å². The van der Waals surface area contributed by atoms with Gasteiger partial charge in [-0.2, -0.15) is 0 Å². The summed E-state index contributed by atoms with van der Waals surface area (Å²) in [6.07, 6.45) is 2.97. The number of nitrogens with zero attached hydrogens (tertiary/aromatic N) is 1. The SMILES string of the molecule is CC(C)C[C@H](CC(=O)[C@H](CCC(N)=O)NC(=O)CCC(=O)[C@@H]1CCCN1)C(=O)NCC(=O)C[C@@H](CC(C)C)C(=O)N[C@@H](C)C(=O)CCC(=O)N1CCC[C@H]1C(=O)C[C@@H](CCCCN)C(=O)O. The van der Waals surface area contributed by atoms with E-state index in [4.69, 9.17) is 11.5 Å². The summed E-state index contributed by atoms with van der Waals surface area (Å²) in [7, 11) is 0. The predicted octanol–water partition coefficient (Wildman–Crippen LogP) is 1.83. The Morgan fingerprint density at radius 1 is 0.697 bits per heavy atom. The Balaban J connectivity index is 1.97. The zero-order chi connectivity index (χ0) is 49.5. The van der Waals surface area contributed by atoms with Gasteiger partial charge in [-0.15, -0.1) is 0 Å². The van der Waals surface area contributed by atoms with Gasteiger partial charge >= 0.3 is 5.97 Å². The summed E-state index contributed by atoms with van der Waals surface area (Å²) in [5.41, 5.74) is 10.9. The van der Waals surface area contributed by atoms with Gasteiger partial charge in [-0.3, -0.25) is 52.7 Å². The fourth-order valence-corrected chi connectivity index (χ4v) is 8.63. The number of carbonyl (C=O) groups is 11. The molecule has 0 aromatic rings. The molecule has 2 rings (SSSR count). The van der Waals surface area contributed by atoms with Crippen LogP contribution in [0.3, 0.4) is 0 Å². The number of Topliss-reactive ketones (excluding diaryl/α,β-unsaturated/α-hetero) is 5. The van der Waals surface area contributed by atoms with Gasteiger partial charge in [-0.1, -0.05) is 34.1 Å². The fraction of sp³-hybridized carbons (Fsp3) is 0.766. The number of likely N-dealkylation sites (tertiary alicyclic amines) is 1. The highest BCUT2D eigenvalue weighted by molar-refractivity contribution is 5.97. The summed E-state index contributed by atoms with van der Waals surface area (Å²) in [6.45, 7) is 9.95. The molecule has 66 heavy (non-hydrogen) atoms. The van der Waals surface area contributed by atoms with Gasteiger partial charge in [0.15, 0.2) is 23.1 Å². The molecule has 2 fully saturated rings. The summed E-state index contributed by atoms with van der Waals surface area (Å²) in [5, 5.41) is 20.6. The van der Waals surface area contributed by atoms with E-state index in [0.717, 1.165) is 13.0 Å². The molecule has 19 heteroatoms. The summed E-state index contributed by atoms with van der Waals surface area (Å²) < 4.78 is 0. The largest absolute Gasteiger partial charge is 0.481 e. The van der Waals surface area contributed by atoms with E-state index in [9.17, 15) is 57.8 Å². The number of nitrogens with one attached hydrogen (secondary N) is 4. The first-order valence-corrected chi connectivity index (χ1v) is 23.9. The quantitative estimate of drug-likeness (QED) is 0.0453. The smallest absolute Gasteiger partial charge is 0.306 e.